The maximum atomic E-state index is 11.7. The topological polar surface area (TPSA) is 37.4 Å². The lowest BCUT2D eigenvalue weighted by molar-refractivity contribution is -0.138. The van der Waals surface area contributed by atoms with Gasteiger partial charge in [-0.2, -0.15) is 12.6 Å². The lowest BCUT2D eigenvalue weighted by atomic mass is 10.4. The van der Waals surface area contributed by atoms with E-state index in [0.717, 1.165) is 6.42 Å². The molecule has 0 aromatic rings. The van der Waals surface area contributed by atoms with E-state index in [9.17, 15) is 9.59 Å². The maximum absolute atomic E-state index is 11.7. The number of thioether (sulfide) groups is 1. The maximum Gasteiger partial charge on any atom is 0.242 e. The number of hydrogen-bond acceptors (Lipinski definition) is 4. The molecule has 0 aromatic heterocycles. The Bertz CT molecular complexity index is 243. The molecule has 0 N–H and O–H groups in total. The molecular formula is C9H15NO2S2. The zero-order valence-corrected chi connectivity index (χ0v) is 10.1. The molecule has 0 spiro atoms. The van der Waals surface area contributed by atoms with Crippen LogP contribution >= 0.6 is 24.4 Å². The van der Waals surface area contributed by atoms with Crippen LogP contribution < -0.4 is 0 Å². The van der Waals surface area contributed by atoms with Crippen LogP contribution in [0.25, 0.3) is 0 Å². The Balaban J connectivity index is 2.59. The predicted molar refractivity (Wildman–Crippen MR) is 61.5 cm³/mol. The van der Waals surface area contributed by atoms with Gasteiger partial charge in [-0.15, -0.1) is 11.8 Å². The smallest absolute Gasteiger partial charge is 0.242 e. The van der Waals surface area contributed by atoms with Crippen molar-refractivity contribution in [3.05, 3.63) is 0 Å². The van der Waals surface area contributed by atoms with E-state index in [1.54, 1.807) is 0 Å². The summed E-state index contributed by atoms with van der Waals surface area (Å²) in [5.41, 5.74) is 0. The first-order chi connectivity index (χ1) is 6.56. The molecule has 0 aromatic carbocycles. The fourth-order valence-electron chi connectivity index (χ4n) is 1.46. The number of rotatable bonds is 4. The number of hydrogen-bond donors (Lipinski definition) is 1. The van der Waals surface area contributed by atoms with Crippen LogP contribution in [0.2, 0.25) is 0 Å². The van der Waals surface area contributed by atoms with Crippen molar-refractivity contribution < 1.29 is 9.59 Å². The Morgan fingerprint density at radius 3 is 2.79 bits per heavy atom. The van der Waals surface area contributed by atoms with Crippen LogP contribution in [0.3, 0.4) is 0 Å². The zero-order valence-electron chi connectivity index (χ0n) is 8.40. The van der Waals surface area contributed by atoms with Gasteiger partial charge in [-0.05, 0) is 13.3 Å². The van der Waals surface area contributed by atoms with Crippen LogP contribution in [-0.4, -0.2) is 33.1 Å². The SMILES string of the molecule is CCCN1C(=O)CC(SC(C)S)C1=O. The number of nitrogens with zero attached hydrogens (tertiary/aromatic N) is 1. The lowest BCUT2D eigenvalue weighted by Crippen LogP contribution is -2.32. The Kier molecular flexibility index (Phi) is 4.31. The Morgan fingerprint density at radius 1 is 1.64 bits per heavy atom. The number of amides is 2. The molecule has 0 bridgehead atoms. The first-order valence-electron chi connectivity index (χ1n) is 4.74. The first kappa shape index (κ1) is 11.9. The third-order valence-electron chi connectivity index (χ3n) is 2.01. The number of imide groups is 1. The second-order valence-corrected chi connectivity index (χ2v) is 5.98. The largest absolute Gasteiger partial charge is 0.282 e. The van der Waals surface area contributed by atoms with Crippen LogP contribution in [-0.2, 0) is 9.59 Å². The highest BCUT2D eigenvalue weighted by Crippen LogP contribution is 2.29. The third-order valence-corrected chi connectivity index (χ3v) is 3.47. The molecule has 1 aliphatic heterocycles. The quantitative estimate of drug-likeness (QED) is 0.454. The molecule has 5 heteroatoms. The molecule has 2 unspecified atom stereocenters. The van der Waals surface area contributed by atoms with Gasteiger partial charge < -0.3 is 0 Å². The van der Waals surface area contributed by atoms with Crippen LogP contribution in [0.1, 0.15) is 26.7 Å². The highest BCUT2D eigenvalue weighted by atomic mass is 32.2. The van der Waals surface area contributed by atoms with Gasteiger partial charge in [0, 0.05) is 17.5 Å². The molecule has 1 rings (SSSR count). The van der Waals surface area contributed by atoms with Crippen molar-refractivity contribution >= 4 is 36.2 Å². The monoisotopic (exact) mass is 233 g/mol. The molecule has 1 fully saturated rings. The Morgan fingerprint density at radius 2 is 2.29 bits per heavy atom. The summed E-state index contributed by atoms with van der Waals surface area (Å²) in [4.78, 5) is 24.5. The molecular weight excluding hydrogens is 218 g/mol. The Hall–Kier alpha value is -0.160. The van der Waals surface area contributed by atoms with Crippen molar-refractivity contribution in [2.75, 3.05) is 6.54 Å². The van der Waals surface area contributed by atoms with E-state index >= 15 is 0 Å². The van der Waals surface area contributed by atoms with E-state index in [0.29, 0.717) is 13.0 Å². The van der Waals surface area contributed by atoms with Crippen molar-refractivity contribution in [1.82, 2.24) is 4.90 Å². The van der Waals surface area contributed by atoms with Gasteiger partial charge in [0.2, 0.25) is 11.8 Å². The minimum absolute atomic E-state index is 0.0386. The fraction of sp³-hybridized carbons (Fsp3) is 0.778. The summed E-state index contributed by atoms with van der Waals surface area (Å²) in [6, 6.07) is 0. The van der Waals surface area contributed by atoms with Crippen molar-refractivity contribution in [2.45, 2.75) is 36.5 Å². The molecule has 14 heavy (non-hydrogen) atoms. The first-order valence-corrected chi connectivity index (χ1v) is 6.20. The van der Waals surface area contributed by atoms with Gasteiger partial charge >= 0.3 is 0 Å². The number of carbonyl (C=O) groups is 2. The van der Waals surface area contributed by atoms with E-state index in [1.165, 1.54) is 16.7 Å². The van der Waals surface area contributed by atoms with Crippen molar-refractivity contribution in [2.24, 2.45) is 0 Å². The van der Waals surface area contributed by atoms with Gasteiger partial charge in [0.15, 0.2) is 0 Å². The van der Waals surface area contributed by atoms with Gasteiger partial charge in [-0.1, -0.05) is 6.92 Å². The standard InChI is InChI=1S/C9H15NO2S2/c1-3-4-10-8(11)5-7(9(10)12)14-6(2)13/h6-7,13H,3-5H2,1-2H3. The molecule has 2 atom stereocenters. The summed E-state index contributed by atoms with van der Waals surface area (Å²) >= 11 is 5.66. The minimum atomic E-state index is -0.207. The van der Waals surface area contributed by atoms with Crippen molar-refractivity contribution in [3.8, 4) is 0 Å². The average molecular weight is 233 g/mol. The van der Waals surface area contributed by atoms with Gasteiger partial charge in [0.1, 0.15) is 0 Å². The molecule has 1 aliphatic rings. The molecule has 1 heterocycles. The second kappa shape index (κ2) is 5.07. The minimum Gasteiger partial charge on any atom is -0.282 e. The summed E-state index contributed by atoms with van der Waals surface area (Å²) in [5, 5.41) is -0.207. The molecule has 80 valence electrons. The molecule has 2 amide bonds. The predicted octanol–water partition coefficient (Wildman–Crippen LogP) is 1.53. The van der Waals surface area contributed by atoms with Gasteiger partial charge in [-0.3, -0.25) is 14.5 Å². The number of carbonyl (C=O) groups excluding carboxylic acids is 2. The van der Waals surface area contributed by atoms with Crippen LogP contribution in [0.15, 0.2) is 0 Å². The van der Waals surface area contributed by atoms with Crippen LogP contribution in [0.5, 0.6) is 0 Å². The summed E-state index contributed by atoms with van der Waals surface area (Å²) < 4.78 is 0.0957. The average Bonchev–Trinajstić information content (AvgIpc) is 2.32. The number of likely N-dealkylation sites (tertiary alicyclic amines) is 1. The second-order valence-electron chi connectivity index (χ2n) is 3.31. The Labute approximate surface area is 94.0 Å². The molecule has 3 nitrogen and oxygen atoms in total. The van der Waals surface area contributed by atoms with Crippen molar-refractivity contribution in [1.29, 1.82) is 0 Å². The molecule has 1 saturated heterocycles. The third kappa shape index (κ3) is 2.67. The summed E-state index contributed by atoms with van der Waals surface area (Å²) in [6.45, 7) is 4.42. The highest BCUT2D eigenvalue weighted by molar-refractivity contribution is 8.11. The highest BCUT2D eigenvalue weighted by Gasteiger charge is 2.38. The number of thiol groups is 1. The van der Waals surface area contributed by atoms with Gasteiger partial charge in [0.25, 0.3) is 0 Å². The fourth-order valence-corrected chi connectivity index (χ4v) is 2.85. The van der Waals surface area contributed by atoms with E-state index < -0.39 is 0 Å². The van der Waals surface area contributed by atoms with E-state index in [4.69, 9.17) is 0 Å². The van der Waals surface area contributed by atoms with Crippen LogP contribution in [0.4, 0.5) is 0 Å². The van der Waals surface area contributed by atoms with Crippen molar-refractivity contribution in [3.63, 3.8) is 0 Å². The normalized spacial score (nSPS) is 24.5. The van der Waals surface area contributed by atoms with E-state index in [2.05, 4.69) is 12.6 Å². The summed E-state index contributed by atoms with van der Waals surface area (Å²) in [5.74, 6) is -0.0777. The lowest BCUT2D eigenvalue weighted by Gasteiger charge is -2.13. The summed E-state index contributed by atoms with van der Waals surface area (Å²) in [6.07, 6.45) is 1.17. The van der Waals surface area contributed by atoms with Crippen LogP contribution in [0, 0.1) is 0 Å². The summed E-state index contributed by atoms with van der Waals surface area (Å²) in [7, 11) is 0. The molecule has 0 aliphatic carbocycles. The zero-order chi connectivity index (χ0) is 10.7. The molecule has 0 saturated carbocycles. The van der Waals surface area contributed by atoms with E-state index in [1.807, 2.05) is 13.8 Å². The van der Waals surface area contributed by atoms with Gasteiger partial charge in [-0.25, -0.2) is 0 Å². The van der Waals surface area contributed by atoms with Gasteiger partial charge in [0.05, 0.1) is 5.25 Å². The molecule has 0 radical (unpaired) electrons. The van der Waals surface area contributed by atoms with E-state index in [-0.39, 0.29) is 21.6 Å².